The van der Waals surface area contributed by atoms with Gasteiger partial charge >= 0.3 is 5.97 Å². The van der Waals surface area contributed by atoms with Crippen LogP contribution in [0.1, 0.15) is 15.4 Å². The molecule has 1 amide bonds. The molecule has 0 aliphatic heterocycles. The van der Waals surface area contributed by atoms with Crippen LogP contribution in [0.3, 0.4) is 0 Å². The molecule has 0 spiro atoms. The Kier molecular flexibility index (Phi) is 5.76. The van der Waals surface area contributed by atoms with Crippen molar-refractivity contribution in [3.63, 3.8) is 0 Å². The summed E-state index contributed by atoms with van der Waals surface area (Å²) in [5.41, 5.74) is 1.94. The maximum absolute atomic E-state index is 12.5. The fourth-order valence-corrected chi connectivity index (χ4v) is 4.35. The van der Waals surface area contributed by atoms with Crippen LogP contribution < -0.4 is 5.32 Å². The second kappa shape index (κ2) is 8.47. The van der Waals surface area contributed by atoms with Crippen molar-refractivity contribution in [3.8, 4) is 5.69 Å². The maximum Gasteiger partial charge on any atom is 0.348 e. The van der Waals surface area contributed by atoms with E-state index in [1.54, 1.807) is 41.1 Å². The van der Waals surface area contributed by atoms with Crippen molar-refractivity contribution in [1.29, 1.82) is 0 Å². The van der Waals surface area contributed by atoms with Crippen LogP contribution in [-0.4, -0.2) is 28.3 Å². The van der Waals surface area contributed by atoms with Crippen molar-refractivity contribution in [2.24, 2.45) is 0 Å². The van der Waals surface area contributed by atoms with Gasteiger partial charge in [-0.15, -0.1) is 11.3 Å². The average Bonchev–Trinajstić information content (AvgIpc) is 3.29. The molecule has 2 aromatic carbocycles. The number of fused-ring (bicyclic) bond motifs is 1. The molecule has 0 bridgehead atoms. The molecule has 6 nitrogen and oxygen atoms in total. The number of aromatic nitrogens is 2. The lowest BCUT2D eigenvalue weighted by Gasteiger charge is -2.07. The number of ether oxygens (including phenoxy) is 1. The highest BCUT2D eigenvalue weighted by Crippen LogP contribution is 2.32. The molecule has 0 saturated carbocycles. The monoisotopic (exact) mass is 459 g/mol. The zero-order valence-electron chi connectivity index (χ0n) is 15.7. The average molecular weight is 460 g/mol. The lowest BCUT2D eigenvalue weighted by atomic mass is 10.3. The van der Waals surface area contributed by atoms with Gasteiger partial charge in [0.05, 0.1) is 27.1 Å². The van der Waals surface area contributed by atoms with Gasteiger partial charge in [-0.05, 0) is 37.3 Å². The van der Waals surface area contributed by atoms with Gasteiger partial charge in [0.2, 0.25) is 0 Å². The number of para-hydroxylation sites is 2. The van der Waals surface area contributed by atoms with Gasteiger partial charge in [0.15, 0.2) is 6.61 Å². The van der Waals surface area contributed by atoms with E-state index in [-0.39, 0.29) is 0 Å². The molecule has 30 heavy (non-hydrogen) atoms. The van der Waals surface area contributed by atoms with Crippen LogP contribution in [0, 0.1) is 6.92 Å². The third-order valence-electron chi connectivity index (χ3n) is 4.31. The first-order valence-corrected chi connectivity index (χ1v) is 10.5. The van der Waals surface area contributed by atoms with E-state index in [2.05, 4.69) is 10.4 Å². The predicted molar refractivity (Wildman–Crippen MR) is 119 cm³/mol. The van der Waals surface area contributed by atoms with Gasteiger partial charge in [-0.3, -0.25) is 4.79 Å². The second-order valence-corrected chi connectivity index (χ2v) is 8.23. The standard InChI is InChI=1S/C21H15Cl2N3O3S/c1-12-13-10-18(30-20(13)26(25-12)17-9-5-3-7-15(17)23)21(28)29-11-19(27)24-16-8-4-2-6-14(16)22/h2-10H,11H2,1H3,(H,24,27). The molecule has 9 heteroatoms. The second-order valence-electron chi connectivity index (χ2n) is 6.38. The molecular weight excluding hydrogens is 445 g/mol. The molecule has 0 saturated heterocycles. The minimum atomic E-state index is -0.587. The summed E-state index contributed by atoms with van der Waals surface area (Å²) in [5, 5.41) is 8.92. The smallest absolute Gasteiger partial charge is 0.348 e. The first-order valence-electron chi connectivity index (χ1n) is 8.89. The number of thiophene rings is 1. The summed E-state index contributed by atoms with van der Waals surface area (Å²) in [7, 11) is 0. The minimum Gasteiger partial charge on any atom is -0.451 e. The summed E-state index contributed by atoms with van der Waals surface area (Å²) in [4.78, 5) is 25.7. The number of nitrogens with zero attached hydrogens (tertiary/aromatic N) is 2. The third kappa shape index (κ3) is 4.05. The molecular formula is C21H15Cl2N3O3S. The largest absolute Gasteiger partial charge is 0.451 e. The van der Waals surface area contributed by atoms with Gasteiger partial charge in [0.1, 0.15) is 9.71 Å². The SMILES string of the molecule is Cc1nn(-c2ccccc2Cl)c2sc(C(=O)OCC(=O)Nc3ccccc3Cl)cc12. The molecule has 0 fully saturated rings. The number of carbonyl (C=O) groups excluding carboxylic acids is 2. The predicted octanol–water partition coefficient (Wildman–Crippen LogP) is 5.50. The summed E-state index contributed by atoms with van der Waals surface area (Å²) >= 11 is 13.5. The van der Waals surface area contributed by atoms with Crippen LogP contribution in [0.5, 0.6) is 0 Å². The highest BCUT2D eigenvalue weighted by Gasteiger charge is 2.20. The van der Waals surface area contributed by atoms with E-state index < -0.39 is 18.5 Å². The Morgan fingerprint density at radius 2 is 1.80 bits per heavy atom. The molecule has 2 aromatic heterocycles. The van der Waals surface area contributed by atoms with Crippen molar-refractivity contribution in [3.05, 3.63) is 75.2 Å². The molecule has 0 atom stereocenters. The van der Waals surface area contributed by atoms with E-state index in [0.29, 0.717) is 20.6 Å². The molecule has 2 heterocycles. The van der Waals surface area contributed by atoms with Crippen LogP contribution >= 0.6 is 34.5 Å². The Morgan fingerprint density at radius 3 is 2.53 bits per heavy atom. The summed E-state index contributed by atoms with van der Waals surface area (Å²) in [6.45, 7) is 1.43. The summed E-state index contributed by atoms with van der Waals surface area (Å²) in [5.74, 6) is -1.06. The number of hydrogen-bond donors (Lipinski definition) is 1. The quantitative estimate of drug-likeness (QED) is 0.400. The number of hydrogen-bond acceptors (Lipinski definition) is 5. The summed E-state index contributed by atoms with van der Waals surface area (Å²) < 4.78 is 6.88. The van der Waals surface area contributed by atoms with E-state index in [4.69, 9.17) is 27.9 Å². The zero-order valence-corrected chi connectivity index (χ0v) is 18.0. The highest BCUT2D eigenvalue weighted by atomic mass is 35.5. The Labute approximate surface area is 186 Å². The van der Waals surface area contributed by atoms with Crippen molar-refractivity contribution >= 4 is 62.3 Å². The van der Waals surface area contributed by atoms with E-state index in [1.807, 2.05) is 25.1 Å². The minimum absolute atomic E-state index is 0.372. The Bertz CT molecular complexity index is 1270. The number of benzene rings is 2. The van der Waals surface area contributed by atoms with Gasteiger partial charge in [0, 0.05) is 5.39 Å². The van der Waals surface area contributed by atoms with E-state index in [1.165, 1.54) is 11.3 Å². The number of nitrogens with one attached hydrogen (secondary N) is 1. The fourth-order valence-electron chi connectivity index (χ4n) is 2.89. The number of rotatable bonds is 5. The molecule has 4 rings (SSSR count). The van der Waals surface area contributed by atoms with Crippen LogP contribution in [0.15, 0.2) is 54.6 Å². The molecule has 0 radical (unpaired) electrons. The van der Waals surface area contributed by atoms with Gasteiger partial charge in [-0.25, -0.2) is 9.48 Å². The number of halogens is 2. The van der Waals surface area contributed by atoms with Gasteiger partial charge in [-0.2, -0.15) is 5.10 Å². The fraction of sp³-hybridized carbons (Fsp3) is 0.0952. The molecule has 0 aliphatic rings. The molecule has 1 N–H and O–H groups in total. The van der Waals surface area contributed by atoms with E-state index >= 15 is 0 Å². The number of anilines is 1. The lowest BCUT2D eigenvalue weighted by molar-refractivity contribution is -0.119. The van der Waals surface area contributed by atoms with Crippen LogP contribution in [0.25, 0.3) is 15.9 Å². The summed E-state index contributed by atoms with van der Waals surface area (Å²) in [6, 6.07) is 15.9. The van der Waals surface area contributed by atoms with Crippen LogP contribution in [0.2, 0.25) is 10.0 Å². The van der Waals surface area contributed by atoms with Crippen molar-refractivity contribution in [2.75, 3.05) is 11.9 Å². The molecule has 0 aliphatic carbocycles. The van der Waals surface area contributed by atoms with Crippen molar-refractivity contribution < 1.29 is 14.3 Å². The van der Waals surface area contributed by atoms with E-state index in [9.17, 15) is 9.59 Å². The van der Waals surface area contributed by atoms with E-state index in [0.717, 1.165) is 21.6 Å². The Hall–Kier alpha value is -2.87. The molecule has 152 valence electrons. The van der Waals surface area contributed by atoms with Gasteiger partial charge in [0.25, 0.3) is 5.91 Å². The third-order valence-corrected chi connectivity index (χ3v) is 6.05. The topological polar surface area (TPSA) is 73.2 Å². The number of amides is 1. The zero-order chi connectivity index (χ0) is 21.3. The van der Waals surface area contributed by atoms with Gasteiger partial charge < -0.3 is 10.1 Å². The maximum atomic E-state index is 12.5. The number of esters is 1. The normalized spacial score (nSPS) is 10.9. The number of carbonyl (C=O) groups is 2. The van der Waals surface area contributed by atoms with Crippen molar-refractivity contribution in [2.45, 2.75) is 6.92 Å². The Balaban J connectivity index is 1.50. The van der Waals surface area contributed by atoms with Crippen molar-refractivity contribution in [1.82, 2.24) is 9.78 Å². The summed E-state index contributed by atoms with van der Waals surface area (Å²) in [6.07, 6.45) is 0. The Morgan fingerprint density at radius 1 is 1.10 bits per heavy atom. The first-order chi connectivity index (χ1) is 14.4. The molecule has 4 aromatic rings. The number of aryl methyl sites for hydroxylation is 1. The first kappa shape index (κ1) is 20.4. The lowest BCUT2D eigenvalue weighted by Crippen LogP contribution is -2.20. The highest BCUT2D eigenvalue weighted by molar-refractivity contribution is 7.20. The van der Waals surface area contributed by atoms with Crippen LogP contribution in [-0.2, 0) is 9.53 Å². The molecule has 0 unspecified atom stereocenters. The van der Waals surface area contributed by atoms with Gasteiger partial charge in [-0.1, -0.05) is 47.5 Å². The van der Waals surface area contributed by atoms with Crippen LogP contribution in [0.4, 0.5) is 5.69 Å².